The highest BCUT2D eigenvalue weighted by Gasteiger charge is 2.36. The molecule has 0 saturated heterocycles. The Kier molecular flexibility index (Phi) is 2.77. The third-order valence-corrected chi connectivity index (χ3v) is 4.04. The van der Waals surface area contributed by atoms with Crippen molar-refractivity contribution in [2.24, 2.45) is 0 Å². The number of fused-ring (bicyclic) bond motifs is 1. The lowest BCUT2D eigenvalue weighted by molar-refractivity contribution is -0.139. The minimum absolute atomic E-state index is 0.0799. The molecule has 0 N–H and O–H groups in total. The van der Waals surface area contributed by atoms with Gasteiger partial charge in [-0.25, -0.2) is 0 Å². The zero-order valence-electron chi connectivity index (χ0n) is 11.2. The summed E-state index contributed by atoms with van der Waals surface area (Å²) in [6.07, 6.45) is 4.52. The van der Waals surface area contributed by atoms with Crippen molar-refractivity contribution in [2.45, 2.75) is 38.6 Å². The number of rotatable bonds is 2. The summed E-state index contributed by atoms with van der Waals surface area (Å²) in [7, 11) is 0. The van der Waals surface area contributed by atoms with Crippen LogP contribution in [0.25, 0.3) is 0 Å². The second-order valence-electron chi connectivity index (χ2n) is 5.55. The number of benzene rings is 1. The van der Waals surface area contributed by atoms with E-state index in [1.165, 1.54) is 28.2 Å². The van der Waals surface area contributed by atoms with Crippen molar-refractivity contribution in [1.29, 1.82) is 0 Å². The van der Waals surface area contributed by atoms with Gasteiger partial charge in [0.05, 0.1) is 6.04 Å². The SMILES string of the molecule is CC(C)c1ccc2c(c1)[C@@H](N1C(=O)C=CC1=O)CC2. The fourth-order valence-electron chi connectivity index (χ4n) is 2.95. The Hall–Kier alpha value is -1.90. The molecule has 98 valence electrons. The van der Waals surface area contributed by atoms with Crippen molar-refractivity contribution in [3.63, 3.8) is 0 Å². The van der Waals surface area contributed by atoms with Gasteiger partial charge >= 0.3 is 0 Å². The minimum Gasteiger partial charge on any atom is -0.269 e. The van der Waals surface area contributed by atoms with Gasteiger partial charge in [0.25, 0.3) is 11.8 Å². The summed E-state index contributed by atoms with van der Waals surface area (Å²) in [5.41, 5.74) is 3.68. The van der Waals surface area contributed by atoms with Crippen LogP contribution in [0.15, 0.2) is 30.4 Å². The molecule has 3 heteroatoms. The van der Waals surface area contributed by atoms with E-state index in [1.807, 2.05) is 0 Å². The summed E-state index contributed by atoms with van der Waals surface area (Å²) in [6, 6.07) is 6.38. The smallest absolute Gasteiger partial charge is 0.254 e. The van der Waals surface area contributed by atoms with E-state index in [0.717, 1.165) is 18.4 Å². The lowest BCUT2D eigenvalue weighted by Crippen LogP contribution is -2.33. The maximum Gasteiger partial charge on any atom is 0.254 e. The average Bonchev–Trinajstić information content (AvgIpc) is 2.92. The van der Waals surface area contributed by atoms with Crippen molar-refractivity contribution in [3.8, 4) is 0 Å². The second-order valence-corrected chi connectivity index (χ2v) is 5.55. The van der Waals surface area contributed by atoms with E-state index in [9.17, 15) is 9.59 Å². The normalized spacial score (nSPS) is 21.6. The molecule has 2 amide bonds. The highest BCUT2D eigenvalue weighted by Crippen LogP contribution is 2.38. The Labute approximate surface area is 112 Å². The van der Waals surface area contributed by atoms with Crippen LogP contribution in [-0.2, 0) is 16.0 Å². The fraction of sp³-hybridized carbons (Fsp3) is 0.375. The van der Waals surface area contributed by atoms with Gasteiger partial charge in [-0.15, -0.1) is 0 Å². The first-order valence-corrected chi connectivity index (χ1v) is 6.76. The third-order valence-electron chi connectivity index (χ3n) is 4.04. The first-order valence-electron chi connectivity index (χ1n) is 6.76. The van der Waals surface area contributed by atoms with Crippen LogP contribution in [-0.4, -0.2) is 16.7 Å². The molecule has 1 atom stereocenters. The molecular formula is C16H17NO2. The summed E-state index contributed by atoms with van der Waals surface area (Å²) in [6.45, 7) is 4.30. The van der Waals surface area contributed by atoms with Crippen LogP contribution >= 0.6 is 0 Å². The molecule has 1 aliphatic carbocycles. The van der Waals surface area contributed by atoms with Gasteiger partial charge in [-0.3, -0.25) is 14.5 Å². The molecule has 0 saturated carbocycles. The average molecular weight is 255 g/mol. The van der Waals surface area contributed by atoms with Crippen molar-refractivity contribution >= 4 is 11.8 Å². The minimum atomic E-state index is -0.183. The zero-order chi connectivity index (χ0) is 13.6. The predicted octanol–water partition coefficient (Wildman–Crippen LogP) is 2.72. The molecule has 0 aromatic heterocycles. The van der Waals surface area contributed by atoms with Gasteiger partial charge in [0.1, 0.15) is 0 Å². The van der Waals surface area contributed by atoms with E-state index in [0.29, 0.717) is 5.92 Å². The number of carbonyl (C=O) groups excluding carboxylic acids is 2. The number of hydrogen-bond donors (Lipinski definition) is 0. The summed E-state index contributed by atoms with van der Waals surface area (Å²) >= 11 is 0. The van der Waals surface area contributed by atoms with E-state index in [1.54, 1.807) is 0 Å². The Bertz CT molecular complexity index is 568. The van der Waals surface area contributed by atoms with E-state index in [-0.39, 0.29) is 17.9 Å². The van der Waals surface area contributed by atoms with Crippen molar-refractivity contribution in [1.82, 2.24) is 4.90 Å². The molecule has 0 bridgehead atoms. The molecule has 2 aliphatic rings. The number of imide groups is 1. The van der Waals surface area contributed by atoms with E-state index in [4.69, 9.17) is 0 Å². The monoisotopic (exact) mass is 255 g/mol. The van der Waals surface area contributed by atoms with Crippen molar-refractivity contribution in [3.05, 3.63) is 47.0 Å². The Balaban J connectivity index is 1.99. The largest absolute Gasteiger partial charge is 0.269 e. The van der Waals surface area contributed by atoms with Crippen LogP contribution < -0.4 is 0 Å². The molecule has 0 fully saturated rings. The van der Waals surface area contributed by atoms with Crippen molar-refractivity contribution in [2.75, 3.05) is 0 Å². The Morgan fingerprint density at radius 1 is 1.16 bits per heavy atom. The molecule has 0 spiro atoms. The van der Waals surface area contributed by atoms with Gasteiger partial charge in [0.2, 0.25) is 0 Å². The quantitative estimate of drug-likeness (QED) is 0.762. The van der Waals surface area contributed by atoms with Crippen LogP contribution in [0.3, 0.4) is 0 Å². The van der Waals surface area contributed by atoms with Gasteiger partial charge < -0.3 is 0 Å². The highest BCUT2D eigenvalue weighted by atomic mass is 16.2. The van der Waals surface area contributed by atoms with E-state index >= 15 is 0 Å². The lowest BCUT2D eigenvalue weighted by atomic mass is 9.97. The molecule has 1 aromatic rings. The van der Waals surface area contributed by atoms with Crippen LogP contribution in [0.2, 0.25) is 0 Å². The standard InChI is InChI=1S/C16H17NO2/c1-10(2)12-4-3-11-5-6-14(13(11)9-12)17-15(18)7-8-16(17)19/h3-4,7-10,14H,5-6H2,1-2H3/t14-/m0/s1. The van der Waals surface area contributed by atoms with Crippen LogP contribution in [0.5, 0.6) is 0 Å². The molecule has 3 rings (SSSR count). The second kappa shape index (κ2) is 4.34. The maximum atomic E-state index is 11.8. The molecule has 1 aromatic carbocycles. The summed E-state index contributed by atoms with van der Waals surface area (Å²) in [4.78, 5) is 25.0. The number of aryl methyl sites for hydroxylation is 1. The van der Waals surface area contributed by atoms with Crippen LogP contribution in [0.1, 0.15) is 48.9 Å². The van der Waals surface area contributed by atoms with Crippen LogP contribution in [0, 0.1) is 0 Å². The van der Waals surface area contributed by atoms with Crippen molar-refractivity contribution < 1.29 is 9.59 Å². The molecule has 0 unspecified atom stereocenters. The number of amides is 2. The maximum absolute atomic E-state index is 11.8. The number of nitrogens with zero attached hydrogens (tertiary/aromatic N) is 1. The molecule has 19 heavy (non-hydrogen) atoms. The summed E-state index contributed by atoms with van der Waals surface area (Å²) < 4.78 is 0. The summed E-state index contributed by atoms with van der Waals surface area (Å²) in [5.74, 6) is 0.0882. The van der Waals surface area contributed by atoms with Gasteiger partial charge in [0, 0.05) is 12.2 Å². The number of carbonyl (C=O) groups is 2. The molecule has 1 heterocycles. The molecular weight excluding hydrogens is 238 g/mol. The zero-order valence-corrected chi connectivity index (χ0v) is 11.2. The highest BCUT2D eigenvalue weighted by molar-refractivity contribution is 6.13. The van der Waals surface area contributed by atoms with Crippen LogP contribution in [0.4, 0.5) is 0 Å². The van der Waals surface area contributed by atoms with Gasteiger partial charge in [-0.1, -0.05) is 32.0 Å². The topological polar surface area (TPSA) is 37.4 Å². The number of hydrogen-bond acceptors (Lipinski definition) is 2. The van der Waals surface area contributed by atoms with Gasteiger partial charge in [-0.05, 0) is 35.4 Å². The van der Waals surface area contributed by atoms with Gasteiger partial charge in [0.15, 0.2) is 0 Å². The molecule has 1 aliphatic heterocycles. The Morgan fingerprint density at radius 3 is 2.47 bits per heavy atom. The predicted molar refractivity (Wildman–Crippen MR) is 72.6 cm³/mol. The van der Waals surface area contributed by atoms with E-state index in [2.05, 4.69) is 32.0 Å². The first-order chi connectivity index (χ1) is 9.08. The van der Waals surface area contributed by atoms with E-state index < -0.39 is 0 Å². The third kappa shape index (κ3) is 1.89. The first kappa shape index (κ1) is 12.2. The fourth-order valence-corrected chi connectivity index (χ4v) is 2.95. The molecule has 0 radical (unpaired) electrons. The van der Waals surface area contributed by atoms with Gasteiger partial charge in [-0.2, -0.15) is 0 Å². The lowest BCUT2D eigenvalue weighted by Gasteiger charge is -2.23. The molecule has 3 nitrogen and oxygen atoms in total. The summed E-state index contributed by atoms with van der Waals surface area (Å²) in [5, 5.41) is 0. The Morgan fingerprint density at radius 2 is 1.84 bits per heavy atom.